The molecule has 5 N–H and O–H groups in total. The Morgan fingerprint density at radius 2 is 1.45 bits per heavy atom. The molecule has 1 fully saturated rings. The van der Waals surface area contributed by atoms with Gasteiger partial charge in [-0.1, -0.05) is 43.2 Å². The molecule has 1 aliphatic rings. The van der Waals surface area contributed by atoms with Crippen molar-refractivity contribution in [1.29, 1.82) is 0 Å². The van der Waals surface area contributed by atoms with E-state index in [1.165, 1.54) is 18.4 Å². The second-order valence-corrected chi connectivity index (χ2v) is 7.53. The van der Waals surface area contributed by atoms with Crippen LogP contribution in [0.5, 0.6) is 0 Å². The van der Waals surface area contributed by atoms with E-state index in [4.69, 9.17) is 15.2 Å². The Morgan fingerprint density at radius 1 is 0.806 bits per heavy atom. The maximum atomic E-state index is 5.55. The first-order valence-corrected chi connectivity index (χ1v) is 11.2. The van der Waals surface area contributed by atoms with Crippen LogP contribution in [0.4, 0.5) is 17.8 Å². The first-order chi connectivity index (χ1) is 15.3. The smallest absolute Gasteiger partial charge is 0.229 e. The molecule has 0 saturated heterocycles. The van der Waals surface area contributed by atoms with E-state index in [0.717, 1.165) is 25.8 Å². The predicted molar refractivity (Wildman–Crippen MR) is 124 cm³/mol. The van der Waals surface area contributed by atoms with E-state index in [2.05, 4.69) is 55.2 Å². The summed E-state index contributed by atoms with van der Waals surface area (Å²) in [5.41, 5.74) is 6.66. The maximum absolute atomic E-state index is 5.55. The number of aromatic nitrogens is 3. The number of nitrogens with zero attached hydrogens (tertiary/aromatic N) is 3. The third kappa shape index (κ3) is 9.04. The molecule has 2 aromatic rings. The minimum Gasteiger partial charge on any atom is -0.378 e. The van der Waals surface area contributed by atoms with Crippen LogP contribution in [0.3, 0.4) is 0 Å². The molecular formula is C22H35N7O2. The number of hydrogen-bond donors (Lipinski definition) is 4. The highest BCUT2D eigenvalue weighted by Gasteiger charge is 2.16. The predicted octanol–water partition coefficient (Wildman–Crippen LogP) is 2.28. The molecule has 0 bridgehead atoms. The van der Waals surface area contributed by atoms with Crippen molar-refractivity contribution in [1.82, 2.24) is 15.0 Å². The van der Waals surface area contributed by atoms with E-state index in [9.17, 15) is 0 Å². The summed E-state index contributed by atoms with van der Waals surface area (Å²) in [4.78, 5) is 13.6. The summed E-state index contributed by atoms with van der Waals surface area (Å²) in [5, 5.41) is 10.0. The number of anilines is 3. The Hall–Kier alpha value is -2.49. The van der Waals surface area contributed by atoms with Crippen LogP contribution in [0.1, 0.15) is 31.2 Å². The van der Waals surface area contributed by atoms with Crippen LogP contribution in [0.2, 0.25) is 0 Å². The monoisotopic (exact) mass is 429 g/mol. The van der Waals surface area contributed by atoms with Gasteiger partial charge < -0.3 is 31.2 Å². The van der Waals surface area contributed by atoms with E-state index >= 15 is 0 Å². The van der Waals surface area contributed by atoms with Crippen LogP contribution >= 0.6 is 0 Å². The zero-order valence-corrected chi connectivity index (χ0v) is 18.2. The molecule has 1 heterocycles. The topological polar surface area (TPSA) is 119 Å². The van der Waals surface area contributed by atoms with Gasteiger partial charge in [0.2, 0.25) is 17.8 Å². The minimum absolute atomic E-state index is 0.435. The number of benzene rings is 1. The molecule has 0 amide bonds. The molecule has 0 spiro atoms. The van der Waals surface area contributed by atoms with Crippen LogP contribution < -0.4 is 21.7 Å². The van der Waals surface area contributed by atoms with Crippen molar-refractivity contribution >= 4 is 17.8 Å². The average molecular weight is 430 g/mol. The van der Waals surface area contributed by atoms with Gasteiger partial charge in [-0.2, -0.15) is 15.0 Å². The summed E-state index contributed by atoms with van der Waals surface area (Å²) in [6, 6.07) is 10.8. The van der Waals surface area contributed by atoms with E-state index in [0.29, 0.717) is 63.4 Å². The second kappa shape index (κ2) is 13.7. The molecular weight excluding hydrogens is 394 g/mol. The first kappa shape index (κ1) is 23.2. The molecule has 0 radical (unpaired) electrons. The zero-order valence-electron chi connectivity index (χ0n) is 18.2. The van der Waals surface area contributed by atoms with E-state index in [1.807, 2.05) is 6.07 Å². The summed E-state index contributed by atoms with van der Waals surface area (Å²) >= 11 is 0. The van der Waals surface area contributed by atoms with Gasteiger partial charge in [-0.3, -0.25) is 0 Å². The van der Waals surface area contributed by atoms with Crippen LogP contribution in [0.15, 0.2) is 30.3 Å². The van der Waals surface area contributed by atoms with Crippen LogP contribution in [0, 0.1) is 0 Å². The Kier molecular flexibility index (Phi) is 10.3. The van der Waals surface area contributed by atoms with Crippen molar-refractivity contribution in [3.05, 3.63) is 35.9 Å². The summed E-state index contributed by atoms with van der Waals surface area (Å²) in [6.07, 6.45) is 5.72. The Morgan fingerprint density at radius 3 is 2.16 bits per heavy atom. The molecule has 3 rings (SSSR count). The summed E-state index contributed by atoms with van der Waals surface area (Å²) in [6.45, 7) is 4.08. The van der Waals surface area contributed by atoms with Crippen molar-refractivity contribution in [2.75, 3.05) is 62.0 Å². The van der Waals surface area contributed by atoms with Crippen molar-refractivity contribution in [3.8, 4) is 0 Å². The summed E-state index contributed by atoms with van der Waals surface area (Å²) in [5.74, 6) is 1.73. The molecule has 170 valence electrons. The highest BCUT2D eigenvalue weighted by Crippen LogP contribution is 2.21. The van der Waals surface area contributed by atoms with Gasteiger partial charge in [-0.15, -0.1) is 0 Å². The third-order valence-corrected chi connectivity index (χ3v) is 5.03. The van der Waals surface area contributed by atoms with Gasteiger partial charge in [0.05, 0.1) is 26.4 Å². The number of rotatable bonds is 15. The van der Waals surface area contributed by atoms with Crippen LogP contribution in [0.25, 0.3) is 0 Å². The lowest BCUT2D eigenvalue weighted by molar-refractivity contribution is 0.0547. The molecule has 9 nitrogen and oxygen atoms in total. The number of ether oxygens (including phenoxy) is 2. The Bertz CT molecular complexity index is 742. The van der Waals surface area contributed by atoms with Gasteiger partial charge in [0.1, 0.15) is 0 Å². The lowest BCUT2D eigenvalue weighted by atomic mass is 10.1. The second-order valence-electron chi connectivity index (χ2n) is 7.53. The largest absolute Gasteiger partial charge is 0.378 e. The van der Waals surface area contributed by atoms with Crippen molar-refractivity contribution < 1.29 is 9.47 Å². The minimum atomic E-state index is 0.435. The number of nitrogens with two attached hydrogens (primary N) is 1. The van der Waals surface area contributed by atoms with Gasteiger partial charge in [0.25, 0.3) is 0 Å². The normalized spacial score (nSPS) is 14.0. The number of hydrogen-bond acceptors (Lipinski definition) is 9. The van der Waals surface area contributed by atoms with Gasteiger partial charge in [0.15, 0.2) is 0 Å². The fourth-order valence-electron chi connectivity index (χ4n) is 3.45. The Balaban J connectivity index is 1.49. The highest BCUT2D eigenvalue weighted by molar-refractivity contribution is 5.42. The van der Waals surface area contributed by atoms with E-state index in [1.54, 1.807) is 0 Å². The fraction of sp³-hybridized carbons (Fsp3) is 0.591. The fourth-order valence-corrected chi connectivity index (χ4v) is 3.45. The van der Waals surface area contributed by atoms with E-state index < -0.39 is 0 Å². The van der Waals surface area contributed by atoms with Gasteiger partial charge in [-0.25, -0.2) is 0 Å². The lowest BCUT2D eigenvalue weighted by Gasteiger charge is -2.14. The summed E-state index contributed by atoms with van der Waals surface area (Å²) in [7, 11) is 0. The van der Waals surface area contributed by atoms with Crippen LogP contribution in [-0.2, 0) is 15.9 Å². The molecule has 31 heavy (non-hydrogen) atoms. The third-order valence-electron chi connectivity index (χ3n) is 5.03. The van der Waals surface area contributed by atoms with E-state index in [-0.39, 0.29) is 0 Å². The average Bonchev–Trinajstić information content (AvgIpc) is 3.29. The highest BCUT2D eigenvalue weighted by atomic mass is 16.5. The molecule has 0 atom stereocenters. The van der Waals surface area contributed by atoms with Crippen LogP contribution in [-0.4, -0.2) is 67.1 Å². The standard InChI is InChI=1S/C22H35N7O2/c23-11-14-30-16-17-31-15-13-25-21-27-20(24-12-10-18-6-2-1-3-7-18)28-22(29-21)26-19-8-4-5-9-19/h1-3,6-7,19H,4-5,8-17,23H2,(H3,24,25,26,27,28,29). The quantitative estimate of drug-likeness (QED) is 0.316. The Labute approximate surface area is 184 Å². The van der Waals surface area contributed by atoms with Gasteiger partial charge in [0, 0.05) is 25.7 Å². The van der Waals surface area contributed by atoms with Crippen molar-refractivity contribution in [2.45, 2.75) is 38.1 Å². The molecule has 9 heteroatoms. The van der Waals surface area contributed by atoms with Gasteiger partial charge in [-0.05, 0) is 24.8 Å². The number of nitrogens with one attached hydrogen (secondary N) is 3. The first-order valence-electron chi connectivity index (χ1n) is 11.2. The van der Waals surface area contributed by atoms with Crippen molar-refractivity contribution in [3.63, 3.8) is 0 Å². The molecule has 0 unspecified atom stereocenters. The van der Waals surface area contributed by atoms with Gasteiger partial charge >= 0.3 is 0 Å². The molecule has 1 saturated carbocycles. The van der Waals surface area contributed by atoms with Crippen molar-refractivity contribution in [2.24, 2.45) is 5.73 Å². The molecule has 1 aliphatic carbocycles. The molecule has 1 aromatic carbocycles. The molecule has 1 aromatic heterocycles. The molecule has 0 aliphatic heterocycles. The SMILES string of the molecule is NCCOCCOCCNc1nc(NCCc2ccccc2)nc(NC2CCCC2)n1. The summed E-state index contributed by atoms with van der Waals surface area (Å²) < 4.78 is 10.8. The zero-order chi connectivity index (χ0) is 21.6. The lowest BCUT2D eigenvalue weighted by Crippen LogP contribution is -2.20. The maximum Gasteiger partial charge on any atom is 0.229 e.